The minimum absolute atomic E-state index is 0.141. The number of carbonyl (C=O) groups is 1. The Morgan fingerprint density at radius 2 is 1.72 bits per heavy atom. The Morgan fingerprint density at radius 1 is 1.22 bits per heavy atom. The molecule has 1 unspecified atom stereocenters. The molecule has 4 nitrogen and oxygen atoms in total. The molecular formula is C13H26O4Si. The zero-order valence-corrected chi connectivity index (χ0v) is 14.4. The predicted molar refractivity (Wildman–Crippen MR) is 75.8 cm³/mol. The van der Waals surface area contributed by atoms with E-state index >= 15 is 0 Å². The summed E-state index contributed by atoms with van der Waals surface area (Å²) in [6.45, 7) is 11.0. The number of rotatable bonds is 9. The maximum Gasteiger partial charge on any atom is 0.215 e. The summed E-state index contributed by atoms with van der Waals surface area (Å²) in [6.07, 6.45) is 1.49. The van der Waals surface area contributed by atoms with E-state index < -0.39 is 5.79 Å². The first-order valence-electron chi connectivity index (χ1n) is 6.53. The summed E-state index contributed by atoms with van der Waals surface area (Å²) >= 11 is 0. The van der Waals surface area contributed by atoms with Crippen LogP contribution in [0.2, 0.25) is 0 Å². The van der Waals surface area contributed by atoms with Gasteiger partial charge in [-0.2, -0.15) is 0 Å². The van der Waals surface area contributed by atoms with Crippen LogP contribution in [0.4, 0.5) is 0 Å². The van der Waals surface area contributed by atoms with Crippen LogP contribution in [-0.2, 0) is 19.0 Å². The molecule has 0 spiro atoms. The fourth-order valence-corrected chi connectivity index (χ4v) is 1.84. The number of hydrogen-bond acceptors (Lipinski definition) is 4. The second kappa shape index (κ2) is 8.58. The standard InChI is InChI=1S/C13H26O4Si/c1-6-15-11(5)13(16-7-2,17-8-3)9-10(4)12(14)18/h9,11H,6-8H2,1-5,18H3. The van der Waals surface area contributed by atoms with Crippen LogP contribution in [0.15, 0.2) is 11.6 Å². The monoisotopic (exact) mass is 274 g/mol. The van der Waals surface area contributed by atoms with E-state index in [1.165, 1.54) is 0 Å². The molecule has 18 heavy (non-hydrogen) atoms. The molecule has 0 aromatic carbocycles. The Balaban J connectivity index is 5.31. The van der Waals surface area contributed by atoms with Gasteiger partial charge in [-0.1, -0.05) is 0 Å². The van der Waals surface area contributed by atoms with E-state index in [1.54, 1.807) is 13.0 Å². The first kappa shape index (κ1) is 17.5. The molecule has 0 aromatic heterocycles. The molecule has 0 N–H and O–H groups in total. The van der Waals surface area contributed by atoms with Crippen LogP contribution in [-0.4, -0.2) is 47.4 Å². The lowest BCUT2D eigenvalue weighted by Crippen LogP contribution is -2.46. The van der Waals surface area contributed by atoms with Crippen LogP contribution in [0, 0.1) is 0 Å². The van der Waals surface area contributed by atoms with Crippen molar-refractivity contribution < 1.29 is 19.0 Å². The van der Waals surface area contributed by atoms with Crippen molar-refractivity contribution in [1.29, 1.82) is 0 Å². The summed E-state index contributed by atoms with van der Waals surface area (Å²) < 4.78 is 17.1. The molecule has 5 heteroatoms. The van der Waals surface area contributed by atoms with Crippen molar-refractivity contribution >= 4 is 15.6 Å². The zero-order valence-electron chi connectivity index (χ0n) is 12.4. The van der Waals surface area contributed by atoms with E-state index in [0.29, 0.717) is 35.6 Å². The van der Waals surface area contributed by atoms with Crippen molar-refractivity contribution in [2.45, 2.75) is 46.5 Å². The molecule has 0 bridgehead atoms. The molecule has 0 aliphatic heterocycles. The van der Waals surface area contributed by atoms with Gasteiger partial charge in [0, 0.05) is 19.8 Å². The molecule has 106 valence electrons. The quantitative estimate of drug-likeness (QED) is 0.358. The first-order chi connectivity index (χ1) is 8.43. The lowest BCUT2D eigenvalue weighted by Gasteiger charge is -2.35. The van der Waals surface area contributed by atoms with Gasteiger partial charge in [0.25, 0.3) is 0 Å². The minimum atomic E-state index is -0.969. The van der Waals surface area contributed by atoms with E-state index in [0.717, 1.165) is 0 Å². The third-order valence-corrected chi connectivity index (χ3v) is 3.48. The van der Waals surface area contributed by atoms with Crippen LogP contribution in [0.3, 0.4) is 0 Å². The molecule has 0 radical (unpaired) electrons. The second-order valence-corrected chi connectivity index (χ2v) is 4.98. The third-order valence-electron chi connectivity index (χ3n) is 2.70. The van der Waals surface area contributed by atoms with Crippen molar-refractivity contribution in [3.63, 3.8) is 0 Å². The fraction of sp³-hybridized carbons (Fsp3) is 0.769. The summed E-state index contributed by atoms with van der Waals surface area (Å²) in [4.78, 5) is 11.5. The molecule has 0 fully saturated rings. The summed E-state index contributed by atoms with van der Waals surface area (Å²) in [5.41, 5.74) is 0.676. The van der Waals surface area contributed by atoms with Crippen molar-refractivity contribution in [3.05, 3.63) is 11.6 Å². The van der Waals surface area contributed by atoms with E-state index in [4.69, 9.17) is 14.2 Å². The average Bonchev–Trinajstić information content (AvgIpc) is 2.29. The predicted octanol–water partition coefficient (Wildman–Crippen LogP) is 1.02. The average molecular weight is 274 g/mol. The van der Waals surface area contributed by atoms with Crippen LogP contribution >= 0.6 is 0 Å². The van der Waals surface area contributed by atoms with Crippen molar-refractivity contribution in [2.24, 2.45) is 0 Å². The van der Waals surface area contributed by atoms with Gasteiger partial charge in [0.15, 0.2) is 0 Å². The molecule has 0 aliphatic rings. The third kappa shape index (κ3) is 5.02. The van der Waals surface area contributed by atoms with Crippen molar-refractivity contribution in [2.75, 3.05) is 19.8 Å². The topological polar surface area (TPSA) is 44.8 Å². The van der Waals surface area contributed by atoms with Gasteiger partial charge in [-0.15, -0.1) is 0 Å². The highest BCUT2D eigenvalue weighted by molar-refractivity contribution is 6.62. The molecule has 0 saturated heterocycles. The first-order valence-corrected chi connectivity index (χ1v) is 7.53. The van der Waals surface area contributed by atoms with E-state index in [1.807, 2.05) is 27.7 Å². The summed E-state index contributed by atoms with van der Waals surface area (Å²) in [5, 5.41) is 0.141. The van der Waals surface area contributed by atoms with Gasteiger partial charge in [0.2, 0.25) is 5.79 Å². The Labute approximate surface area is 113 Å². The molecule has 0 aromatic rings. The van der Waals surface area contributed by atoms with Gasteiger partial charge in [-0.25, -0.2) is 0 Å². The molecule has 0 heterocycles. The lowest BCUT2D eigenvalue weighted by molar-refractivity contribution is -0.254. The second-order valence-electron chi connectivity index (χ2n) is 4.07. The maximum atomic E-state index is 11.5. The summed E-state index contributed by atoms with van der Waals surface area (Å²) in [7, 11) is 0.493. The Bertz CT molecular complexity index is 283. The molecule has 0 rings (SSSR count). The summed E-state index contributed by atoms with van der Waals surface area (Å²) in [5.74, 6) is -0.969. The number of carbonyl (C=O) groups excluding carboxylic acids is 1. The van der Waals surface area contributed by atoms with Crippen LogP contribution in [0.1, 0.15) is 34.6 Å². The highest BCUT2D eigenvalue weighted by atomic mass is 28.1. The smallest absolute Gasteiger partial charge is 0.215 e. The van der Waals surface area contributed by atoms with Gasteiger partial charge in [-0.05, 0) is 46.3 Å². The largest absolute Gasteiger partial charge is 0.373 e. The normalized spacial score (nSPS) is 14.8. The van der Waals surface area contributed by atoms with E-state index in [2.05, 4.69) is 0 Å². The number of hydrogen-bond donors (Lipinski definition) is 0. The Morgan fingerprint density at radius 3 is 2.06 bits per heavy atom. The zero-order chi connectivity index (χ0) is 14.2. The van der Waals surface area contributed by atoms with E-state index in [9.17, 15) is 4.79 Å². The van der Waals surface area contributed by atoms with Gasteiger partial charge >= 0.3 is 0 Å². The van der Waals surface area contributed by atoms with Gasteiger partial charge in [0.1, 0.15) is 11.5 Å². The minimum Gasteiger partial charge on any atom is -0.373 e. The molecular weight excluding hydrogens is 248 g/mol. The molecule has 1 atom stereocenters. The van der Waals surface area contributed by atoms with Gasteiger partial charge in [0.05, 0.1) is 10.2 Å². The fourth-order valence-electron chi connectivity index (χ4n) is 1.70. The summed E-state index contributed by atoms with van der Waals surface area (Å²) in [6, 6.07) is 0. The van der Waals surface area contributed by atoms with E-state index in [-0.39, 0.29) is 11.5 Å². The number of allylic oxidation sites excluding steroid dienone is 1. The highest BCUT2D eigenvalue weighted by Crippen LogP contribution is 2.25. The Hall–Kier alpha value is -0.493. The molecule has 0 saturated carbocycles. The van der Waals surface area contributed by atoms with Gasteiger partial charge in [-0.3, -0.25) is 0 Å². The SMILES string of the molecule is CCOC(C)C(C=C(C)C(=O)[SiH3])(OCC)OCC. The Kier molecular flexibility index (Phi) is 8.35. The van der Waals surface area contributed by atoms with Crippen LogP contribution < -0.4 is 0 Å². The number of ether oxygens (including phenoxy) is 3. The maximum absolute atomic E-state index is 11.5. The van der Waals surface area contributed by atoms with Crippen LogP contribution in [0.5, 0.6) is 0 Å². The highest BCUT2D eigenvalue weighted by Gasteiger charge is 2.37. The lowest BCUT2D eigenvalue weighted by atomic mass is 10.1. The van der Waals surface area contributed by atoms with Gasteiger partial charge < -0.3 is 19.0 Å². The molecule has 0 aliphatic carbocycles. The van der Waals surface area contributed by atoms with Crippen LogP contribution in [0.25, 0.3) is 0 Å². The molecule has 0 amide bonds. The van der Waals surface area contributed by atoms with Crippen molar-refractivity contribution in [1.82, 2.24) is 0 Å². The van der Waals surface area contributed by atoms with Crippen molar-refractivity contribution in [3.8, 4) is 0 Å².